The van der Waals surface area contributed by atoms with Crippen molar-refractivity contribution < 1.29 is 104 Å². The average molecular weight is 848 g/mol. The van der Waals surface area contributed by atoms with Crippen LogP contribution >= 0.6 is 23.2 Å². The zero-order valence-electron chi connectivity index (χ0n) is 29.2. The van der Waals surface area contributed by atoms with Gasteiger partial charge in [-0.05, 0) is 84.9 Å². The second-order valence-electron chi connectivity index (χ2n) is 11.7. The van der Waals surface area contributed by atoms with Crippen molar-refractivity contribution in [3.63, 3.8) is 0 Å². The molecule has 0 saturated carbocycles. The van der Waals surface area contributed by atoms with Crippen LogP contribution in [0.1, 0.15) is 31.8 Å². The van der Waals surface area contributed by atoms with Gasteiger partial charge in [-0.1, -0.05) is 59.6 Å². The monoisotopic (exact) mass is 846 g/mol. The number of ether oxygens (including phenoxy) is 2. The van der Waals surface area contributed by atoms with E-state index in [9.17, 15) is 35.5 Å². The van der Waals surface area contributed by atoms with Crippen LogP contribution in [0.3, 0.4) is 0 Å². The number of para-hydroxylation sites is 2. The van der Waals surface area contributed by atoms with Crippen LogP contribution in [0.15, 0.2) is 131 Å². The van der Waals surface area contributed by atoms with Crippen molar-refractivity contribution in [1.82, 2.24) is 0 Å². The Balaban J connectivity index is 0.00000300. The first-order valence-corrected chi connectivity index (χ1v) is 19.2. The Bertz CT molecular complexity index is 2550. The third-order valence-electron chi connectivity index (χ3n) is 8.18. The van der Waals surface area contributed by atoms with Crippen molar-refractivity contribution in [1.29, 1.82) is 0 Å². The van der Waals surface area contributed by atoms with Gasteiger partial charge in [0.05, 0.1) is 43.7 Å². The molecule has 0 saturated heterocycles. The third-order valence-corrected chi connectivity index (χ3v) is 10.4. The summed E-state index contributed by atoms with van der Waals surface area (Å²) >= 11 is 12.0. The molecule has 2 N–H and O–H groups in total. The summed E-state index contributed by atoms with van der Waals surface area (Å²) in [4.78, 5) is 27.1. The van der Waals surface area contributed by atoms with Gasteiger partial charge in [-0.25, -0.2) is 16.8 Å². The fourth-order valence-electron chi connectivity index (χ4n) is 5.80. The van der Waals surface area contributed by atoms with Gasteiger partial charge in [-0.2, -0.15) is 0 Å². The van der Waals surface area contributed by atoms with Crippen LogP contribution < -0.4 is 79.2 Å². The summed E-state index contributed by atoms with van der Waals surface area (Å²) in [6, 6.07) is 28.3. The largest absolute Gasteiger partial charge is 1.00 e. The van der Waals surface area contributed by atoms with Gasteiger partial charge in [0.15, 0.2) is 23.1 Å². The standard InChI is InChI=1S/C38H24Cl2N2O10S2.2Na/c39-21-11-15-23(16-12-21)51-37-29(7-3-9-31(37)53(45,46)47)41-27-19-20-28(34-33(27)35(43)25-5-1-2-6-26(25)36(34)44)42-30-8-4-10-32(54(48,49)50)38(30)52-24-17-13-22(40)14-18-24;;/h1-20,41-42H,(H,45,46,47)(H,48,49,50);;/q;2*+1/p-2. The number of fused-ring (bicyclic) bond motifs is 2. The molecular weight excluding hydrogens is 825 g/mol. The fraction of sp³-hybridized carbons (Fsp3) is 0. The molecule has 0 heterocycles. The predicted molar refractivity (Wildman–Crippen MR) is 198 cm³/mol. The van der Waals surface area contributed by atoms with E-state index in [4.69, 9.17) is 32.7 Å². The van der Waals surface area contributed by atoms with Gasteiger partial charge in [0, 0.05) is 21.2 Å². The number of carbonyl (C=O) groups is 2. The minimum Gasteiger partial charge on any atom is -0.744 e. The van der Waals surface area contributed by atoms with E-state index >= 15 is 0 Å². The van der Waals surface area contributed by atoms with Gasteiger partial charge in [-0.15, -0.1) is 0 Å². The summed E-state index contributed by atoms with van der Waals surface area (Å²) in [6.45, 7) is 0. The molecule has 0 unspecified atom stereocenters. The van der Waals surface area contributed by atoms with E-state index < -0.39 is 41.6 Å². The summed E-state index contributed by atoms with van der Waals surface area (Å²) in [5.74, 6) is -1.68. The fourth-order valence-corrected chi connectivity index (χ4v) is 7.29. The van der Waals surface area contributed by atoms with Gasteiger partial charge >= 0.3 is 59.1 Å². The number of carbonyl (C=O) groups excluding carboxylic acids is 2. The molecule has 272 valence electrons. The van der Waals surface area contributed by atoms with Crippen molar-refractivity contribution in [3.8, 4) is 23.0 Å². The van der Waals surface area contributed by atoms with Crippen molar-refractivity contribution in [2.75, 3.05) is 10.6 Å². The maximum absolute atomic E-state index is 14.3. The Morgan fingerprint density at radius 1 is 0.464 bits per heavy atom. The van der Waals surface area contributed by atoms with E-state index in [1.807, 2.05) is 0 Å². The van der Waals surface area contributed by atoms with Crippen LogP contribution in [0.2, 0.25) is 10.0 Å². The van der Waals surface area contributed by atoms with Crippen LogP contribution in [0.4, 0.5) is 22.7 Å². The third kappa shape index (κ3) is 9.02. The zero-order chi connectivity index (χ0) is 38.4. The Kier molecular flexibility index (Phi) is 13.5. The van der Waals surface area contributed by atoms with Crippen LogP contribution in [-0.4, -0.2) is 37.5 Å². The van der Waals surface area contributed by atoms with Crippen molar-refractivity contribution in [3.05, 3.63) is 154 Å². The van der Waals surface area contributed by atoms with E-state index in [1.165, 1.54) is 97.1 Å². The second-order valence-corrected chi connectivity index (χ2v) is 15.2. The van der Waals surface area contributed by atoms with Gasteiger partial charge in [-0.3, -0.25) is 9.59 Å². The molecule has 0 bridgehead atoms. The topological polar surface area (TPSA) is 191 Å². The van der Waals surface area contributed by atoms with Crippen LogP contribution in [0.5, 0.6) is 23.0 Å². The summed E-state index contributed by atoms with van der Waals surface area (Å²) in [5, 5.41) is 6.72. The predicted octanol–water partition coefficient (Wildman–Crippen LogP) is 2.66. The molecule has 6 aromatic carbocycles. The maximum Gasteiger partial charge on any atom is 1.00 e. The molecular formula is C38H22Cl2N2Na2O10S2. The summed E-state index contributed by atoms with van der Waals surface area (Å²) in [6.07, 6.45) is 0. The first-order valence-electron chi connectivity index (χ1n) is 15.6. The van der Waals surface area contributed by atoms with Gasteiger partial charge in [0.2, 0.25) is 0 Å². The first-order chi connectivity index (χ1) is 25.7. The number of anilines is 4. The Labute approximate surface area is 375 Å². The summed E-state index contributed by atoms with van der Waals surface area (Å²) in [5.41, 5.74) is -0.179. The van der Waals surface area contributed by atoms with Crippen LogP contribution in [-0.2, 0) is 20.2 Å². The SMILES string of the molecule is O=C1c2ccccc2C(=O)c2c(Nc3cccc(S(=O)(=O)[O-])c3Oc3ccc(Cl)cc3)ccc(Nc3cccc(S(=O)(=O)[O-])c3Oc3ccc(Cl)cc3)c21.[Na+].[Na+]. The minimum absolute atomic E-state index is 0. The van der Waals surface area contributed by atoms with E-state index in [1.54, 1.807) is 12.1 Å². The molecule has 0 radical (unpaired) electrons. The number of rotatable bonds is 10. The number of nitrogens with one attached hydrogen (secondary N) is 2. The van der Waals surface area contributed by atoms with E-state index in [-0.39, 0.29) is 127 Å². The molecule has 0 aliphatic heterocycles. The Morgan fingerprint density at radius 3 is 1.16 bits per heavy atom. The van der Waals surface area contributed by atoms with E-state index in [0.717, 1.165) is 12.1 Å². The maximum atomic E-state index is 14.3. The molecule has 12 nitrogen and oxygen atoms in total. The number of hydrogen-bond acceptors (Lipinski definition) is 12. The number of benzene rings is 6. The molecule has 1 aliphatic rings. The van der Waals surface area contributed by atoms with Gasteiger partial charge in [0.1, 0.15) is 31.7 Å². The van der Waals surface area contributed by atoms with Crippen LogP contribution in [0.25, 0.3) is 0 Å². The van der Waals surface area contributed by atoms with Crippen molar-refractivity contribution in [2.24, 2.45) is 0 Å². The first kappa shape index (κ1) is 43.4. The second kappa shape index (κ2) is 17.4. The van der Waals surface area contributed by atoms with E-state index in [0.29, 0.717) is 10.0 Å². The number of ketones is 2. The molecule has 0 amide bonds. The normalized spacial score (nSPS) is 12.0. The van der Waals surface area contributed by atoms with Gasteiger partial charge in [0.25, 0.3) is 0 Å². The molecule has 0 atom stereocenters. The zero-order valence-corrected chi connectivity index (χ0v) is 36.3. The molecule has 6 aromatic rings. The van der Waals surface area contributed by atoms with Crippen molar-refractivity contribution >= 4 is 77.8 Å². The number of halogens is 2. The van der Waals surface area contributed by atoms with Crippen molar-refractivity contribution in [2.45, 2.75) is 9.79 Å². The minimum atomic E-state index is -5.09. The van der Waals surface area contributed by atoms with Gasteiger partial charge < -0.3 is 29.2 Å². The van der Waals surface area contributed by atoms with Crippen LogP contribution in [0, 0.1) is 0 Å². The molecule has 56 heavy (non-hydrogen) atoms. The molecule has 0 aromatic heterocycles. The summed E-state index contributed by atoms with van der Waals surface area (Å²) < 4.78 is 86.0. The molecule has 0 fully saturated rings. The Morgan fingerprint density at radius 2 is 0.821 bits per heavy atom. The van der Waals surface area contributed by atoms with E-state index in [2.05, 4.69) is 10.6 Å². The molecule has 1 aliphatic carbocycles. The molecule has 18 heteroatoms. The smallest absolute Gasteiger partial charge is 0.744 e. The number of hydrogen-bond donors (Lipinski definition) is 2. The Hall–Kier alpha value is -3.74. The quantitative estimate of drug-likeness (QED) is 0.152. The molecule has 7 rings (SSSR count). The summed E-state index contributed by atoms with van der Waals surface area (Å²) in [7, 11) is -10.2. The molecule has 0 spiro atoms. The average Bonchev–Trinajstić information content (AvgIpc) is 3.13.